The fourth-order valence-electron chi connectivity index (χ4n) is 2.77. The number of carbonyl (C=O) groups is 1. The number of rotatable bonds is 6. The molecular weight excluding hydrogens is 380 g/mol. The lowest BCUT2D eigenvalue weighted by atomic mass is 10.2. The molecule has 0 bridgehead atoms. The molecule has 150 valence electrons. The Hall–Kier alpha value is -3.71. The van der Waals surface area contributed by atoms with Gasteiger partial charge in [-0.2, -0.15) is 9.78 Å². The molecule has 1 aliphatic heterocycles. The number of hydrazone groups is 1. The number of hydrogen-bond acceptors (Lipinski definition) is 11. The number of nitrogen functional groups attached to an aromatic ring is 1. The zero-order chi connectivity index (χ0) is 20.1. The zero-order valence-electron chi connectivity index (χ0n) is 15.3. The number of ether oxygens (including phenoxy) is 1. The van der Waals surface area contributed by atoms with Crippen molar-refractivity contribution in [1.82, 2.24) is 40.6 Å². The number of nitrogens with one attached hydrogen (secondary N) is 1. The quantitative estimate of drug-likeness (QED) is 0.398. The van der Waals surface area contributed by atoms with E-state index in [2.05, 4.69) is 45.7 Å². The molecule has 0 atom stereocenters. The van der Waals surface area contributed by atoms with Crippen molar-refractivity contribution >= 4 is 17.9 Å². The molecule has 1 fully saturated rings. The topological polar surface area (TPSA) is 162 Å². The Morgan fingerprint density at radius 3 is 2.79 bits per heavy atom. The molecule has 1 aliphatic rings. The number of amides is 1. The largest absolute Gasteiger partial charge is 0.379 e. The van der Waals surface area contributed by atoms with Gasteiger partial charge in [0.05, 0.1) is 19.4 Å². The van der Waals surface area contributed by atoms with Gasteiger partial charge in [-0.3, -0.25) is 14.7 Å². The van der Waals surface area contributed by atoms with Crippen molar-refractivity contribution in [2.24, 2.45) is 5.10 Å². The van der Waals surface area contributed by atoms with Gasteiger partial charge in [-0.15, -0.1) is 5.10 Å². The summed E-state index contributed by atoms with van der Waals surface area (Å²) in [5.74, 6) is -0.456. The maximum Gasteiger partial charge on any atom is 0.292 e. The number of pyridine rings is 1. The summed E-state index contributed by atoms with van der Waals surface area (Å²) in [7, 11) is 0. The van der Waals surface area contributed by atoms with Crippen molar-refractivity contribution in [2.45, 2.75) is 6.54 Å². The number of anilines is 1. The molecule has 3 aromatic rings. The summed E-state index contributed by atoms with van der Waals surface area (Å²) in [5, 5.41) is 19.4. The summed E-state index contributed by atoms with van der Waals surface area (Å²) < 4.78 is 11.2. The number of morpholine rings is 1. The minimum Gasteiger partial charge on any atom is -0.379 e. The second-order valence-electron chi connectivity index (χ2n) is 6.14. The highest BCUT2D eigenvalue weighted by atomic mass is 16.6. The van der Waals surface area contributed by atoms with Gasteiger partial charge in [0.15, 0.2) is 5.69 Å². The normalized spacial score (nSPS) is 15.0. The number of nitrogens with zero attached hydrogens (tertiary/aromatic N) is 8. The Morgan fingerprint density at radius 1 is 1.28 bits per heavy atom. The second-order valence-corrected chi connectivity index (χ2v) is 6.14. The maximum absolute atomic E-state index is 12.9. The minimum absolute atomic E-state index is 0.0119. The molecule has 0 saturated carbocycles. The SMILES string of the molecule is Nc1nonc1-n1nnc(CN2CCOCC2)c1C(=O)N/N=C\c1ccncc1. The lowest BCUT2D eigenvalue weighted by Gasteiger charge is -2.25. The molecule has 4 rings (SSSR count). The highest BCUT2D eigenvalue weighted by Crippen LogP contribution is 2.17. The van der Waals surface area contributed by atoms with Crippen molar-refractivity contribution < 1.29 is 14.2 Å². The van der Waals surface area contributed by atoms with Crippen LogP contribution in [-0.4, -0.2) is 73.6 Å². The van der Waals surface area contributed by atoms with Crippen LogP contribution >= 0.6 is 0 Å². The first-order valence-corrected chi connectivity index (χ1v) is 8.79. The molecule has 3 N–H and O–H groups in total. The summed E-state index contributed by atoms with van der Waals surface area (Å²) in [4.78, 5) is 18.9. The summed E-state index contributed by atoms with van der Waals surface area (Å²) in [6.45, 7) is 3.09. The smallest absolute Gasteiger partial charge is 0.292 e. The van der Waals surface area contributed by atoms with Crippen molar-refractivity contribution in [3.63, 3.8) is 0 Å². The molecule has 4 heterocycles. The molecule has 13 nitrogen and oxygen atoms in total. The summed E-state index contributed by atoms with van der Waals surface area (Å²) in [6, 6.07) is 3.51. The van der Waals surface area contributed by atoms with Crippen LogP contribution in [0.15, 0.2) is 34.3 Å². The number of carbonyl (C=O) groups excluding carboxylic acids is 1. The maximum atomic E-state index is 12.9. The summed E-state index contributed by atoms with van der Waals surface area (Å²) in [6.07, 6.45) is 4.76. The van der Waals surface area contributed by atoms with Crippen LogP contribution < -0.4 is 11.2 Å². The third kappa shape index (κ3) is 4.25. The molecule has 1 amide bonds. The Bertz CT molecular complexity index is 994. The average molecular weight is 398 g/mol. The van der Waals surface area contributed by atoms with Crippen molar-refractivity contribution in [2.75, 3.05) is 32.0 Å². The van der Waals surface area contributed by atoms with Gasteiger partial charge >= 0.3 is 0 Å². The second kappa shape index (κ2) is 8.53. The van der Waals surface area contributed by atoms with Crippen LogP contribution in [0.25, 0.3) is 5.82 Å². The van der Waals surface area contributed by atoms with Gasteiger partial charge in [0, 0.05) is 32.0 Å². The van der Waals surface area contributed by atoms with Gasteiger partial charge in [-0.05, 0) is 28.0 Å². The number of aromatic nitrogens is 6. The van der Waals surface area contributed by atoms with E-state index in [0.29, 0.717) is 25.5 Å². The van der Waals surface area contributed by atoms with E-state index in [4.69, 9.17) is 10.5 Å². The monoisotopic (exact) mass is 398 g/mol. The number of hydrogen-bond donors (Lipinski definition) is 2. The van der Waals surface area contributed by atoms with Crippen LogP contribution in [0.5, 0.6) is 0 Å². The van der Waals surface area contributed by atoms with Crippen molar-refractivity contribution in [3.8, 4) is 5.82 Å². The van der Waals surface area contributed by atoms with E-state index in [1.165, 1.54) is 10.9 Å². The van der Waals surface area contributed by atoms with E-state index in [1.807, 2.05) is 0 Å². The molecule has 29 heavy (non-hydrogen) atoms. The van der Waals surface area contributed by atoms with Crippen molar-refractivity contribution in [1.29, 1.82) is 0 Å². The lowest BCUT2D eigenvalue weighted by Crippen LogP contribution is -2.36. The van der Waals surface area contributed by atoms with Crippen LogP contribution in [0.1, 0.15) is 21.7 Å². The van der Waals surface area contributed by atoms with Crippen LogP contribution in [0, 0.1) is 0 Å². The lowest BCUT2D eigenvalue weighted by molar-refractivity contribution is 0.0335. The third-order valence-electron chi connectivity index (χ3n) is 4.21. The van der Waals surface area contributed by atoms with E-state index in [1.54, 1.807) is 24.5 Å². The van der Waals surface area contributed by atoms with Crippen LogP contribution in [-0.2, 0) is 11.3 Å². The Kier molecular flexibility index (Phi) is 5.49. The summed E-state index contributed by atoms with van der Waals surface area (Å²) >= 11 is 0. The molecule has 0 unspecified atom stereocenters. The Morgan fingerprint density at radius 2 is 2.07 bits per heavy atom. The van der Waals surface area contributed by atoms with Crippen LogP contribution in [0.3, 0.4) is 0 Å². The van der Waals surface area contributed by atoms with Crippen molar-refractivity contribution in [3.05, 3.63) is 41.5 Å². The summed E-state index contributed by atoms with van der Waals surface area (Å²) in [5.41, 5.74) is 9.62. The van der Waals surface area contributed by atoms with Gasteiger partial charge in [-0.25, -0.2) is 10.1 Å². The van der Waals surface area contributed by atoms with Gasteiger partial charge in [-0.1, -0.05) is 5.21 Å². The fourth-order valence-corrected chi connectivity index (χ4v) is 2.77. The molecular formula is C16H18N10O3. The molecule has 0 aromatic carbocycles. The minimum atomic E-state index is -0.522. The fraction of sp³-hybridized carbons (Fsp3) is 0.312. The van der Waals surface area contributed by atoms with Gasteiger partial charge in [0.25, 0.3) is 5.91 Å². The van der Waals surface area contributed by atoms with E-state index in [9.17, 15) is 4.79 Å². The molecule has 0 radical (unpaired) electrons. The number of nitrogens with two attached hydrogens (primary N) is 1. The highest BCUT2D eigenvalue weighted by molar-refractivity contribution is 5.94. The highest BCUT2D eigenvalue weighted by Gasteiger charge is 2.26. The first-order valence-electron chi connectivity index (χ1n) is 8.79. The third-order valence-corrected chi connectivity index (χ3v) is 4.21. The molecule has 0 spiro atoms. The van der Waals surface area contributed by atoms with Crippen LogP contribution in [0.2, 0.25) is 0 Å². The van der Waals surface area contributed by atoms with E-state index >= 15 is 0 Å². The standard InChI is InChI=1S/C16H18N10O3/c17-14-15(23-29-22-14)26-13(12(20-24-26)10-25-5-7-28-8-6-25)16(27)21-19-9-11-1-3-18-4-2-11/h1-4,9H,5-8,10H2,(H2,17,22)(H,21,27)/b19-9-. The zero-order valence-corrected chi connectivity index (χ0v) is 15.3. The predicted octanol–water partition coefficient (Wildman–Crippen LogP) is -0.776. The molecule has 1 saturated heterocycles. The molecule has 13 heteroatoms. The molecule has 0 aliphatic carbocycles. The Labute approximate surface area is 164 Å². The molecule has 3 aromatic heterocycles. The first-order chi connectivity index (χ1) is 14.2. The Balaban J connectivity index is 1.59. The van der Waals surface area contributed by atoms with Crippen LogP contribution in [0.4, 0.5) is 5.82 Å². The van der Waals surface area contributed by atoms with Gasteiger partial charge in [0.2, 0.25) is 11.6 Å². The van der Waals surface area contributed by atoms with Gasteiger partial charge < -0.3 is 10.5 Å². The average Bonchev–Trinajstić information content (AvgIpc) is 3.35. The van der Waals surface area contributed by atoms with E-state index in [-0.39, 0.29) is 17.3 Å². The van der Waals surface area contributed by atoms with Gasteiger partial charge in [0.1, 0.15) is 5.69 Å². The predicted molar refractivity (Wildman–Crippen MR) is 99.0 cm³/mol. The van der Waals surface area contributed by atoms with E-state index in [0.717, 1.165) is 18.7 Å². The first kappa shape index (κ1) is 18.6. The van der Waals surface area contributed by atoms with E-state index < -0.39 is 5.91 Å².